The Morgan fingerprint density at radius 1 is 1.25 bits per heavy atom. The number of hydrogen-bond donors (Lipinski definition) is 0. The van der Waals surface area contributed by atoms with E-state index in [0.717, 1.165) is 12.0 Å². The van der Waals surface area contributed by atoms with Crippen molar-refractivity contribution in [2.24, 2.45) is 5.92 Å². The van der Waals surface area contributed by atoms with Gasteiger partial charge in [-0.3, -0.25) is 0 Å². The Morgan fingerprint density at radius 3 is 2.33 bits per heavy atom. The van der Waals surface area contributed by atoms with Crippen LogP contribution in [0.25, 0.3) is 0 Å². The number of rotatable bonds is 3. The van der Waals surface area contributed by atoms with Gasteiger partial charge in [0.1, 0.15) is 0 Å². The lowest BCUT2D eigenvalue weighted by atomic mass is 9.87. The van der Waals surface area contributed by atoms with Gasteiger partial charge in [-0.15, -0.1) is 0 Å². The molecule has 0 spiro atoms. The maximum atomic E-state index is 2.54. The van der Waals surface area contributed by atoms with E-state index in [-0.39, 0.29) is 0 Å². The summed E-state index contributed by atoms with van der Waals surface area (Å²) < 4.78 is 1.26. The minimum atomic E-state index is 0.885. The van der Waals surface area contributed by atoms with Crippen LogP contribution < -0.4 is 0 Å². The average molecular weight is 281 g/mol. The molecule has 1 aliphatic carbocycles. The van der Waals surface area contributed by atoms with Gasteiger partial charge in [0.25, 0.3) is 0 Å². The molecule has 0 unspecified atom stereocenters. The minimum Gasteiger partial charge on any atom is -0.303 e. The monoisotopic (exact) mass is 281 g/mol. The van der Waals surface area contributed by atoms with Crippen LogP contribution in [0.4, 0.5) is 0 Å². The summed E-state index contributed by atoms with van der Waals surface area (Å²) >= 11 is 2.46. The maximum Gasteiger partial charge on any atom is 0.0123 e. The zero-order valence-corrected chi connectivity index (χ0v) is 10.4. The first-order valence-electron chi connectivity index (χ1n) is 5.00. The van der Waals surface area contributed by atoms with Gasteiger partial charge < -0.3 is 4.90 Å². The minimum absolute atomic E-state index is 0.885. The molecule has 1 fully saturated rings. The van der Waals surface area contributed by atoms with E-state index in [9.17, 15) is 0 Å². The van der Waals surface area contributed by atoms with Gasteiger partial charge >= 0.3 is 0 Å². The summed E-state index contributed by atoms with van der Waals surface area (Å²) in [5.74, 6) is 0.981. The van der Waals surface area contributed by atoms with Crippen molar-refractivity contribution in [2.75, 3.05) is 18.0 Å². The third-order valence-electron chi connectivity index (χ3n) is 3.05. The van der Waals surface area contributed by atoms with E-state index >= 15 is 0 Å². The van der Waals surface area contributed by atoms with E-state index in [1.165, 1.54) is 36.7 Å². The van der Waals surface area contributed by atoms with Crippen LogP contribution >= 0.6 is 22.6 Å². The number of alkyl halides is 1. The van der Waals surface area contributed by atoms with Gasteiger partial charge in [-0.25, -0.2) is 0 Å². The second-order valence-corrected chi connectivity index (χ2v) is 5.16. The highest BCUT2D eigenvalue weighted by molar-refractivity contribution is 14.1. The van der Waals surface area contributed by atoms with Crippen molar-refractivity contribution in [3.05, 3.63) is 0 Å². The molecule has 0 radical (unpaired) electrons. The normalized spacial score (nSPS) is 31.0. The first-order chi connectivity index (χ1) is 5.74. The highest BCUT2D eigenvalue weighted by Gasteiger charge is 2.20. The van der Waals surface area contributed by atoms with Crippen LogP contribution in [0.15, 0.2) is 0 Å². The molecule has 1 rings (SSSR count). The van der Waals surface area contributed by atoms with Crippen LogP contribution in [0.1, 0.15) is 32.6 Å². The number of nitrogens with zero attached hydrogens (tertiary/aromatic N) is 1. The van der Waals surface area contributed by atoms with E-state index in [0.29, 0.717) is 0 Å². The van der Waals surface area contributed by atoms with Crippen LogP contribution in [0.5, 0.6) is 0 Å². The van der Waals surface area contributed by atoms with Gasteiger partial charge in [0, 0.05) is 17.0 Å². The molecular formula is C10H20IN. The lowest BCUT2D eigenvalue weighted by Crippen LogP contribution is -2.35. The molecule has 0 aromatic heterocycles. The Bertz CT molecular complexity index is 119. The second kappa shape index (κ2) is 5.43. The summed E-state index contributed by atoms with van der Waals surface area (Å²) in [6, 6.07) is 0.885. The first kappa shape index (κ1) is 10.8. The van der Waals surface area contributed by atoms with E-state index in [1.54, 1.807) is 0 Å². The first-order valence-corrected chi connectivity index (χ1v) is 6.52. The van der Waals surface area contributed by atoms with E-state index in [4.69, 9.17) is 0 Å². The third kappa shape index (κ3) is 3.21. The Morgan fingerprint density at radius 2 is 1.83 bits per heavy atom. The fourth-order valence-electron chi connectivity index (χ4n) is 2.00. The molecule has 0 aromatic rings. The number of hydrogen-bond acceptors (Lipinski definition) is 1. The molecule has 0 atom stereocenters. The summed E-state index contributed by atoms with van der Waals surface area (Å²) in [7, 11) is 2.28. The van der Waals surface area contributed by atoms with Gasteiger partial charge in [-0.2, -0.15) is 0 Å². The number of halogens is 1. The molecule has 1 aliphatic rings. The molecule has 0 aliphatic heterocycles. The third-order valence-corrected chi connectivity index (χ3v) is 3.53. The van der Waals surface area contributed by atoms with Crippen molar-refractivity contribution in [1.29, 1.82) is 0 Å². The van der Waals surface area contributed by atoms with Gasteiger partial charge in [-0.05, 0) is 38.6 Å². The Balaban J connectivity index is 2.24. The Hall–Kier alpha value is 0.690. The summed E-state index contributed by atoms with van der Waals surface area (Å²) in [6.07, 6.45) is 5.73. The van der Waals surface area contributed by atoms with E-state index < -0.39 is 0 Å². The smallest absolute Gasteiger partial charge is 0.0123 e. The molecule has 72 valence electrons. The standard InChI is InChI=1S/C10H20IN/c1-9-3-5-10(6-4-9)12(2)8-7-11/h9-10H,3-8H2,1-2H3. The Kier molecular flexibility index (Phi) is 4.87. The topological polar surface area (TPSA) is 3.24 Å². The molecule has 0 heterocycles. The molecule has 1 saturated carbocycles. The second-order valence-electron chi connectivity index (χ2n) is 4.08. The molecule has 2 heteroatoms. The predicted molar refractivity (Wildman–Crippen MR) is 62.9 cm³/mol. The molecule has 0 aromatic carbocycles. The average Bonchev–Trinajstić information content (AvgIpc) is 2.06. The maximum absolute atomic E-state index is 2.54. The van der Waals surface area contributed by atoms with E-state index in [1.807, 2.05) is 0 Å². The predicted octanol–water partition coefficient (Wildman–Crippen LogP) is 2.93. The van der Waals surface area contributed by atoms with Crippen molar-refractivity contribution in [3.8, 4) is 0 Å². The molecule has 0 amide bonds. The highest BCUT2D eigenvalue weighted by Crippen LogP contribution is 2.26. The molecule has 0 bridgehead atoms. The van der Waals surface area contributed by atoms with Crippen LogP contribution in [0, 0.1) is 5.92 Å². The van der Waals surface area contributed by atoms with Crippen LogP contribution in [-0.4, -0.2) is 29.0 Å². The van der Waals surface area contributed by atoms with Crippen LogP contribution in [-0.2, 0) is 0 Å². The zero-order valence-electron chi connectivity index (χ0n) is 8.22. The lowest BCUT2D eigenvalue weighted by molar-refractivity contribution is 0.179. The van der Waals surface area contributed by atoms with Crippen molar-refractivity contribution < 1.29 is 0 Å². The van der Waals surface area contributed by atoms with Gasteiger partial charge in [0.15, 0.2) is 0 Å². The quantitative estimate of drug-likeness (QED) is 0.568. The zero-order chi connectivity index (χ0) is 8.97. The van der Waals surface area contributed by atoms with Gasteiger partial charge in [-0.1, -0.05) is 29.5 Å². The summed E-state index contributed by atoms with van der Waals surface area (Å²) in [5, 5.41) is 0. The van der Waals surface area contributed by atoms with Crippen molar-refractivity contribution in [3.63, 3.8) is 0 Å². The Labute approximate surface area is 90.0 Å². The van der Waals surface area contributed by atoms with Crippen molar-refractivity contribution in [2.45, 2.75) is 38.6 Å². The summed E-state index contributed by atoms with van der Waals surface area (Å²) in [4.78, 5) is 2.54. The summed E-state index contributed by atoms with van der Waals surface area (Å²) in [6.45, 7) is 3.65. The molecule has 0 N–H and O–H groups in total. The van der Waals surface area contributed by atoms with Crippen molar-refractivity contribution >= 4 is 22.6 Å². The lowest BCUT2D eigenvalue weighted by Gasteiger charge is -2.33. The molecule has 0 saturated heterocycles. The largest absolute Gasteiger partial charge is 0.303 e. The highest BCUT2D eigenvalue weighted by atomic mass is 127. The summed E-state index contributed by atoms with van der Waals surface area (Å²) in [5.41, 5.74) is 0. The van der Waals surface area contributed by atoms with Gasteiger partial charge in [0.2, 0.25) is 0 Å². The molecular weight excluding hydrogens is 261 g/mol. The van der Waals surface area contributed by atoms with Crippen LogP contribution in [0.2, 0.25) is 0 Å². The SMILES string of the molecule is CC1CCC(N(C)CCI)CC1. The van der Waals surface area contributed by atoms with Crippen molar-refractivity contribution in [1.82, 2.24) is 4.90 Å². The fourth-order valence-corrected chi connectivity index (χ4v) is 2.76. The fraction of sp³-hybridized carbons (Fsp3) is 1.00. The van der Waals surface area contributed by atoms with Gasteiger partial charge in [0.05, 0.1) is 0 Å². The van der Waals surface area contributed by atoms with Crippen LogP contribution in [0.3, 0.4) is 0 Å². The van der Waals surface area contributed by atoms with E-state index in [2.05, 4.69) is 41.5 Å². The molecule has 12 heavy (non-hydrogen) atoms. The molecule has 1 nitrogen and oxygen atoms in total.